The van der Waals surface area contributed by atoms with Crippen molar-refractivity contribution >= 4 is 17.7 Å². The molecular formula is C22H31N3O6. The van der Waals surface area contributed by atoms with Gasteiger partial charge in [-0.05, 0) is 44.1 Å². The Morgan fingerprint density at radius 3 is 2.77 bits per heavy atom. The van der Waals surface area contributed by atoms with Crippen LogP contribution in [0.15, 0.2) is 18.2 Å². The molecule has 2 unspecified atom stereocenters. The summed E-state index contributed by atoms with van der Waals surface area (Å²) in [7, 11) is 0. The molecule has 2 aliphatic heterocycles. The van der Waals surface area contributed by atoms with Crippen LogP contribution in [0.2, 0.25) is 0 Å². The van der Waals surface area contributed by atoms with E-state index in [0.717, 1.165) is 44.3 Å². The number of amides is 2. The summed E-state index contributed by atoms with van der Waals surface area (Å²) in [5.41, 5.74) is 1.16. The van der Waals surface area contributed by atoms with Gasteiger partial charge in [-0.2, -0.15) is 0 Å². The lowest BCUT2D eigenvalue weighted by molar-refractivity contribution is -0.691. The third kappa shape index (κ3) is 5.94. The molecule has 1 aliphatic carbocycles. The van der Waals surface area contributed by atoms with Crippen molar-refractivity contribution in [3.63, 3.8) is 0 Å². The number of rotatable bonds is 8. The molecule has 1 aromatic rings. The van der Waals surface area contributed by atoms with Crippen LogP contribution in [0.5, 0.6) is 5.75 Å². The average Bonchev–Trinajstić information content (AvgIpc) is 3.59. The molecule has 4 rings (SSSR count). The maximum absolute atomic E-state index is 12.0. The highest BCUT2D eigenvalue weighted by Crippen LogP contribution is 2.29. The minimum Gasteiger partial charge on any atom is -0.621 e. The molecule has 9 nitrogen and oxygen atoms in total. The van der Waals surface area contributed by atoms with Crippen molar-refractivity contribution in [3.8, 4) is 5.75 Å². The van der Waals surface area contributed by atoms with Crippen molar-refractivity contribution in [2.24, 2.45) is 5.92 Å². The minimum atomic E-state index is -0.676. The summed E-state index contributed by atoms with van der Waals surface area (Å²) < 4.78 is 11.0. The lowest BCUT2D eigenvalue weighted by atomic mass is 10.0. The van der Waals surface area contributed by atoms with Gasteiger partial charge >= 0.3 is 12.0 Å². The lowest BCUT2D eigenvalue weighted by Crippen LogP contribution is -3.06. The highest BCUT2D eigenvalue weighted by atomic mass is 16.5. The summed E-state index contributed by atoms with van der Waals surface area (Å²) >= 11 is 0. The van der Waals surface area contributed by atoms with Crippen molar-refractivity contribution in [1.29, 1.82) is 0 Å². The van der Waals surface area contributed by atoms with E-state index in [9.17, 15) is 19.9 Å². The smallest absolute Gasteiger partial charge is 0.407 e. The number of benzene rings is 1. The summed E-state index contributed by atoms with van der Waals surface area (Å²) in [5.74, 6) is 0.754. The molecular weight excluding hydrogens is 402 g/mol. The second kappa shape index (κ2) is 9.95. The maximum Gasteiger partial charge on any atom is 0.407 e. The first-order valence-electron chi connectivity index (χ1n) is 11.2. The number of piperidine rings is 1. The third-order valence-corrected chi connectivity index (χ3v) is 6.19. The quantitative estimate of drug-likeness (QED) is 0.512. The fourth-order valence-electron chi connectivity index (χ4n) is 4.16. The number of ether oxygens (including phenoxy) is 2. The van der Waals surface area contributed by atoms with E-state index in [0.29, 0.717) is 36.9 Å². The maximum atomic E-state index is 12.0. The zero-order chi connectivity index (χ0) is 21.8. The normalized spacial score (nSPS) is 23.2. The lowest BCUT2D eigenvalue weighted by Gasteiger charge is -2.33. The zero-order valence-electron chi connectivity index (χ0n) is 17.7. The Morgan fingerprint density at radius 2 is 2.03 bits per heavy atom. The number of hydrogen-bond donors (Lipinski definition) is 3. The number of carbonyl (C=O) groups excluding carboxylic acids is 2. The molecule has 1 saturated carbocycles. The van der Waals surface area contributed by atoms with E-state index in [1.165, 1.54) is 0 Å². The number of likely N-dealkylation sites (tertiary alicyclic amines) is 1. The Bertz CT molecular complexity index is 791. The second-order valence-corrected chi connectivity index (χ2v) is 8.76. The van der Waals surface area contributed by atoms with E-state index in [-0.39, 0.29) is 31.1 Å². The number of alkyl carbamates (subject to hydrolysis) is 1. The first-order valence-corrected chi connectivity index (χ1v) is 11.2. The Hall–Kier alpha value is -2.20. The van der Waals surface area contributed by atoms with Crippen LogP contribution < -0.4 is 15.1 Å². The number of hydrogen-bond acceptors (Lipinski definition) is 7. The van der Waals surface area contributed by atoms with Crippen LogP contribution in [0.1, 0.15) is 37.7 Å². The van der Waals surface area contributed by atoms with Crippen LogP contribution >= 0.6 is 0 Å². The third-order valence-electron chi connectivity index (χ3n) is 6.19. The molecule has 2 fully saturated rings. The van der Waals surface area contributed by atoms with Crippen molar-refractivity contribution in [2.75, 3.05) is 32.8 Å². The molecule has 0 bridgehead atoms. The number of β-amino-alcohol motifs (C(OH)–C–C–N with tert-alkyl or cyclic N) is 1. The van der Waals surface area contributed by atoms with Gasteiger partial charge in [0.05, 0.1) is 18.6 Å². The molecule has 3 aliphatic rings. The molecule has 0 spiro atoms. The van der Waals surface area contributed by atoms with Crippen LogP contribution in [0, 0.1) is 11.1 Å². The van der Waals surface area contributed by atoms with Crippen molar-refractivity contribution < 1.29 is 29.2 Å². The van der Waals surface area contributed by atoms with Crippen LogP contribution in [-0.4, -0.2) is 67.0 Å². The van der Waals surface area contributed by atoms with E-state index in [2.05, 4.69) is 10.2 Å². The van der Waals surface area contributed by atoms with E-state index in [4.69, 9.17) is 9.47 Å². The average molecular weight is 434 g/mol. The van der Waals surface area contributed by atoms with Crippen LogP contribution in [0.25, 0.3) is 0 Å². The summed E-state index contributed by atoms with van der Waals surface area (Å²) in [6.07, 6.45) is 3.62. The summed E-state index contributed by atoms with van der Waals surface area (Å²) in [4.78, 5) is 25.6. The summed E-state index contributed by atoms with van der Waals surface area (Å²) in [6.45, 7) is 2.67. The highest BCUT2D eigenvalue weighted by Gasteiger charge is 2.28. The number of fused-ring (bicyclic) bond motifs is 1. The summed E-state index contributed by atoms with van der Waals surface area (Å²) in [6, 6.07) is 5.23. The van der Waals surface area contributed by atoms with Crippen LogP contribution in [0.3, 0.4) is 0 Å². The largest absolute Gasteiger partial charge is 0.621 e. The van der Waals surface area contributed by atoms with Gasteiger partial charge in [-0.3, -0.25) is 5.06 Å². The van der Waals surface area contributed by atoms with Crippen LogP contribution in [-0.2, 0) is 16.0 Å². The first-order chi connectivity index (χ1) is 15.0. The van der Waals surface area contributed by atoms with E-state index in [1.807, 2.05) is 0 Å². The van der Waals surface area contributed by atoms with Gasteiger partial charge < -0.3 is 30.0 Å². The Balaban J connectivity index is 1.18. The Labute approximate surface area is 181 Å². The van der Waals surface area contributed by atoms with Crippen molar-refractivity contribution in [2.45, 2.75) is 50.7 Å². The van der Waals surface area contributed by atoms with Gasteiger partial charge in [0.15, 0.2) is 0 Å². The topological polar surface area (TPSA) is 116 Å². The number of quaternary nitrogens is 1. The minimum absolute atomic E-state index is 0.104. The number of aliphatic hydroxyl groups excluding tert-OH is 1. The van der Waals surface area contributed by atoms with Crippen molar-refractivity contribution in [3.05, 3.63) is 29.0 Å². The first kappa shape index (κ1) is 22.0. The molecule has 0 radical (unpaired) electrons. The predicted octanol–water partition coefficient (Wildman–Crippen LogP) is 0.514. The monoisotopic (exact) mass is 433 g/mol. The van der Waals surface area contributed by atoms with Crippen LogP contribution in [0.4, 0.5) is 10.5 Å². The fourth-order valence-corrected chi connectivity index (χ4v) is 4.16. The van der Waals surface area contributed by atoms with Gasteiger partial charge in [-0.1, -0.05) is 6.07 Å². The molecule has 0 aromatic heterocycles. The van der Waals surface area contributed by atoms with E-state index in [1.54, 1.807) is 18.2 Å². The molecule has 170 valence electrons. The Kier molecular flexibility index (Phi) is 7.06. The van der Waals surface area contributed by atoms with Crippen molar-refractivity contribution in [1.82, 2.24) is 10.2 Å². The number of aliphatic hydroxyl groups is 1. The van der Waals surface area contributed by atoms with E-state index < -0.39 is 11.2 Å². The SMILES string of the molecule is O=C(NC1CCN(CC(O)COc2cccc3c2CCC(=O)[NH+]3[O-])CC1)OCC1CC1. The fraction of sp³-hybridized carbons (Fsp3) is 0.636. The molecule has 9 heteroatoms. The van der Waals surface area contributed by atoms with Gasteiger partial charge in [0.25, 0.3) is 0 Å². The van der Waals surface area contributed by atoms with E-state index >= 15 is 0 Å². The van der Waals surface area contributed by atoms with Gasteiger partial charge in [-0.25, -0.2) is 9.59 Å². The molecule has 31 heavy (non-hydrogen) atoms. The molecule has 2 atom stereocenters. The van der Waals surface area contributed by atoms with Gasteiger partial charge in [0, 0.05) is 31.7 Å². The number of carbonyl (C=O) groups is 2. The molecule has 2 amide bonds. The molecule has 1 saturated heterocycles. The predicted molar refractivity (Wildman–Crippen MR) is 112 cm³/mol. The standard InChI is InChI=1S/C22H31N3O6/c26-17(14-30-20-3-1-2-19-18(20)6-7-21(27)25(19)29)12-24-10-8-16(9-11-24)23-22(28)31-13-15-4-5-15/h1-3,15-17,25-26H,4-14H2,(H,23,28). The van der Waals surface area contributed by atoms with Gasteiger partial charge in [0.1, 0.15) is 24.1 Å². The Morgan fingerprint density at radius 1 is 1.26 bits per heavy atom. The molecule has 3 N–H and O–H groups in total. The second-order valence-electron chi connectivity index (χ2n) is 8.76. The number of hydroxylamine groups is 1. The molecule has 1 aromatic carbocycles. The number of nitrogens with zero attached hydrogens (tertiary/aromatic N) is 1. The number of nitrogens with one attached hydrogen (secondary N) is 2. The molecule has 2 heterocycles. The van der Waals surface area contributed by atoms with Gasteiger partial charge in [0.2, 0.25) is 0 Å². The zero-order valence-corrected chi connectivity index (χ0v) is 17.7. The van der Waals surface area contributed by atoms with Gasteiger partial charge in [-0.15, -0.1) is 0 Å². The highest BCUT2D eigenvalue weighted by molar-refractivity contribution is 5.74. The summed E-state index contributed by atoms with van der Waals surface area (Å²) in [5, 5.41) is 24.9.